The second-order valence-electron chi connectivity index (χ2n) is 7.24. The Morgan fingerprint density at radius 1 is 1.21 bits per heavy atom. The standard InChI is InChI=1S/C19H23NO4/c1-24-18(23)15-16(21)14-9-8-13(12-6-5-7-12)20(14)19(17(15)22)10-3-2-4-11-19/h8-9,12,22H,2-7,10-11H2,1H3. The maximum atomic E-state index is 12.9. The van der Waals surface area contributed by atoms with Crippen molar-refractivity contribution in [2.24, 2.45) is 0 Å². The Morgan fingerprint density at radius 2 is 1.92 bits per heavy atom. The molecule has 2 fully saturated rings. The lowest BCUT2D eigenvalue weighted by molar-refractivity contribution is -0.136. The number of Topliss-reactive ketones (excluding diaryl/α,β-unsaturated/α-hetero) is 1. The normalized spacial score (nSPS) is 23.1. The average molecular weight is 329 g/mol. The van der Waals surface area contributed by atoms with Crippen LogP contribution in [0.25, 0.3) is 0 Å². The van der Waals surface area contributed by atoms with E-state index in [2.05, 4.69) is 4.57 Å². The van der Waals surface area contributed by atoms with Gasteiger partial charge >= 0.3 is 5.97 Å². The van der Waals surface area contributed by atoms with E-state index < -0.39 is 17.3 Å². The number of aliphatic hydroxyl groups is 1. The van der Waals surface area contributed by atoms with Crippen molar-refractivity contribution in [2.75, 3.05) is 7.11 Å². The summed E-state index contributed by atoms with van der Waals surface area (Å²) in [4.78, 5) is 25.0. The maximum absolute atomic E-state index is 12.9. The molecule has 1 spiro atoms. The van der Waals surface area contributed by atoms with E-state index in [9.17, 15) is 14.7 Å². The highest BCUT2D eigenvalue weighted by Gasteiger charge is 2.50. The number of methoxy groups -OCH3 is 1. The van der Waals surface area contributed by atoms with Crippen LogP contribution in [0.15, 0.2) is 23.5 Å². The summed E-state index contributed by atoms with van der Waals surface area (Å²) in [5.41, 5.74) is 0.837. The minimum atomic E-state index is -0.736. The van der Waals surface area contributed by atoms with Crippen molar-refractivity contribution in [1.82, 2.24) is 4.57 Å². The van der Waals surface area contributed by atoms with Gasteiger partial charge in [0.25, 0.3) is 0 Å². The zero-order chi connectivity index (χ0) is 16.9. The number of carbonyl (C=O) groups excluding carboxylic acids is 2. The molecule has 0 saturated heterocycles. The maximum Gasteiger partial charge on any atom is 0.345 e. The van der Waals surface area contributed by atoms with Crippen LogP contribution in [0, 0.1) is 0 Å². The molecular formula is C19H23NO4. The minimum Gasteiger partial charge on any atom is -0.509 e. The predicted octanol–water partition coefficient (Wildman–Crippen LogP) is 3.60. The molecule has 2 aliphatic carbocycles. The van der Waals surface area contributed by atoms with E-state index in [1.54, 1.807) is 0 Å². The van der Waals surface area contributed by atoms with Gasteiger partial charge in [0.1, 0.15) is 16.9 Å². The number of hydrogen-bond acceptors (Lipinski definition) is 4. The number of ketones is 1. The highest BCUT2D eigenvalue weighted by atomic mass is 16.5. The number of aromatic nitrogens is 1. The first-order chi connectivity index (χ1) is 11.6. The van der Waals surface area contributed by atoms with Crippen LogP contribution < -0.4 is 0 Å². The van der Waals surface area contributed by atoms with Crippen molar-refractivity contribution < 1.29 is 19.4 Å². The van der Waals surface area contributed by atoms with Crippen molar-refractivity contribution in [3.8, 4) is 0 Å². The molecule has 0 radical (unpaired) electrons. The van der Waals surface area contributed by atoms with E-state index in [1.165, 1.54) is 13.5 Å². The first kappa shape index (κ1) is 15.5. The lowest BCUT2D eigenvalue weighted by Crippen LogP contribution is -2.46. The molecule has 2 heterocycles. The van der Waals surface area contributed by atoms with Gasteiger partial charge in [-0.1, -0.05) is 25.7 Å². The second-order valence-corrected chi connectivity index (χ2v) is 7.24. The summed E-state index contributed by atoms with van der Waals surface area (Å²) in [6.07, 6.45) is 8.06. The largest absolute Gasteiger partial charge is 0.509 e. The Kier molecular flexibility index (Phi) is 3.55. The highest BCUT2D eigenvalue weighted by Crippen LogP contribution is 2.49. The number of allylic oxidation sites excluding steroid dienone is 1. The molecule has 1 aromatic heterocycles. The third-order valence-corrected chi connectivity index (χ3v) is 6.07. The smallest absolute Gasteiger partial charge is 0.345 e. The van der Waals surface area contributed by atoms with Crippen LogP contribution in [-0.4, -0.2) is 28.5 Å². The third-order valence-electron chi connectivity index (χ3n) is 6.07. The summed E-state index contributed by atoms with van der Waals surface area (Å²) < 4.78 is 6.85. The number of hydrogen-bond donors (Lipinski definition) is 1. The minimum absolute atomic E-state index is 0.0803. The Morgan fingerprint density at radius 3 is 2.50 bits per heavy atom. The topological polar surface area (TPSA) is 68.5 Å². The average Bonchev–Trinajstić information content (AvgIpc) is 2.98. The Balaban J connectivity index is 1.93. The first-order valence-electron chi connectivity index (χ1n) is 8.89. The molecule has 1 N–H and O–H groups in total. The zero-order valence-electron chi connectivity index (χ0n) is 14.0. The van der Waals surface area contributed by atoms with Crippen LogP contribution in [0.5, 0.6) is 0 Å². The molecule has 5 nitrogen and oxygen atoms in total. The van der Waals surface area contributed by atoms with E-state index in [0.29, 0.717) is 11.6 Å². The van der Waals surface area contributed by atoms with Crippen molar-refractivity contribution >= 4 is 11.8 Å². The summed E-state index contributed by atoms with van der Waals surface area (Å²) in [5, 5.41) is 11.0. The van der Waals surface area contributed by atoms with Gasteiger partial charge in [-0.05, 0) is 43.7 Å². The van der Waals surface area contributed by atoms with E-state index in [0.717, 1.165) is 50.6 Å². The van der Waals surface area contributed by atoms with Crippen LogP contribution in [0.1, 0.15) is 73.5 Å². The number of esters is 1. The molecule has 128 valence electrons. The molecule has 0 atom stereocenters. The fourth-order valence-corrected chi connectivity index (χ4v) is 4.59. The number of fused-ring (bicyclic) bond motifs is 2. The lowest BCUT2D eigenvalue weighted by atomic mass is 9.74. The van der Waals surface area contributed by atoms with Crippen molar-refractivity contribution in [1.29, 1.82) is 0 Å². The van der Waals surface area contributed by atoms with Gasteiger partial charge in [-0.25, -0.2) is 4.79 Å². The monoisotopic (exact) mass is 329 g/mol. The first-order valence-corrected chi connectivity index (χ1v) is 8.89. The fourth-order valence-electron chi connectivity index (χ4n) is 4.59. The quantitative estimate of drug-likeness (QED) is 0.665. The van der Waals surface area contributed by atoms with E-state index in [-0.39, 0.29) is 11.3 Å². The zero-order valence-corrected chi connectivity index (χ0v) is 14.0. The fraction of sp³-hybridized carbons (Fsp3) is 0.579. The van der Waals surface area contributed by atoms with E-state index in [1.807, 2.05) is 12.1 Å². The molecule has 0 aromatic carbocycles. The van der Waals surface area contributed by atoms with Crippen LogP contribution in [0.2, 0.25) is 0 Å². The summed E-state index contributed by atoms with van der Waals surface area (Å²) in [6.45, 7) is 0. The second kappa shape index (κ2) is 5.50. The SMILES string of the molecule is COC(=O)C1=C(O)C2(CCCCC2)n2c(ccc2C2CCC2)C1=O. The molecule has 0 unspecified atom stereocenters. The third kappa shape index (κ3) is 1.93. The molecular weight excluding hydrogens is 306 g/mol. The van der Waals surface area contributed by atoms with Crippen molar-refractivity contribution in [2.45, 2.75) is 62.8 Å². The van der Waals surface area contributed by atoms with Crippen LogP contribution in [0.4, 0.5) is 0 Å². The molecule has 4 rings (SSSR count). The Hall–Kier alpha value is -2.04. The van der Waals surface area contributed by atoms with Gasteiger partial charge in [0, 0.05) is 5.69 Å². The van der Waals surface area contributed by atoms with Gasteiger partial charge in [0.2, 0.25) is 5.78 Å². The Bertz CT molecular complexity index is 733. The summed E-state index contributed by atoms with van der Waals surface area (Å²) in [5.74, 6) is -0.776. The van der Waals surface area contributed by atoms with Crippen molar-refractivity contribution in [3.05, 3.63) is 34.9 Å². The van der Waals surface area contributed by atoms with Crippen LogP contribution >= 0.6 is 0 Å². The van der Waals surface area contributed by atoms with E-state index >= 15 is 0 Å². The summed E-state index contributed by atoms with van der Waals surface area (Å²) in [6, 6.07) is 3.84. The molecule has 0 bridgehead atoms. The van der Waals surface area contributed by atoms with Gasteiger partial charge in [-0.3, -0.25) is 4.79 Å². The van der Waals surface area contributed by atoms with Gasteiger partial charge in [0.05, 0.1) is 12.8 Å². The molecule has 0 amide bonds. The predicted molar refractivity (Wildman–Crippen MR) is 88.1 cm³/mol. The number of nitrogens with zero attached hydrogens (tertiary/aromatic N) is 1. The van der Waals surface area contributed by atoms with Crippen molar-refractivity contribution in [3.63, 3.8) is 0 Å². The number of carbonyl (C=O) groups is 2. The summed E-state index contributed by atoms with van der Waals surface area (Å²) >= 11 is 0. The molecule has 3 aliphatic rings. The van der Waals surface area contributed by atoms with Gasteiger partial charge in [-0.15, -0.1) is 0 Å². The molecule has 24 heavy (non-hydrogen) atoms. The van der Waals surface area contributed by atoms with Gasteiger partial charge < -0.3 is 14.4 Å². The Labute approximate surface area is 141 Å². The molecule has 1 aromatic rings. The van der Waals surface area contributed by atoms with Crippen LogP contribution in [0.3, 0.4) is 0 Å². The van der Waals surface area contributed by atoms with Crippen LogP contribution in [-0.2, 0) is 15.1 Å². The summed E-state index contributed by atoms with van der Waals surface area (Å²) in [7, 11) is 1.25. The number of rotatable bonds is 2. The molecule has 1 aliphatic heterocycles. The van der Waals surface area contributed by atoms with E-state index in [4.69, 9.17) is 4.74 Å². The highest BCUT2D eigenvalue weighted by molar-refractivity contribution is 6.24. The van der Waals surface area contributed by atoms with Gasteiger partial charge in [-0.2, -0.15) is 0 Å². The molecule has 2 saturated carbocycles. The number of aliphatic hydroxyl groups excluding tert-OH is 1. The molecule has 5 heteroatoms. The number of ether oxygens (including phenoxy) is 1. The van der Waals surface area contributed by atoms with Gasteiger partial charge in [0.15, 0.2) is 0 Å². The lowest BCUT2D eigenvalue weighted by Gasteiger charge is -2.44.